The highest BCUT2D eigenvalue weighted by molar-refractivity contribution is 5.78. The number of pyridine rings is 1. The van der Waals surface area contributed by atoms with Crippen LogP contribution in [0.15, 0.2) is 65.8 Å². The van der Waals surface area contributed by atoms with Crippen LogP contribution in [-0.4, -0.2) is 25.6 Å². The smallest absolute Gasteiger partial charge is 0.224 e. The van der Waals surface area contributed by atoms with E-state index in [0.29, 0.717) is 19.6 Å². The Balaban J connectivity index is 1.25. The van der Waals surface area contributed by atoms with Crippen molar-refractivity contribution in [1.29, 1.82) is 0 Å². The maximum atomic E-state index is 12.3. The Hall–Kier alpha value is -3.94. The topological polar surface area (TPSA) is 95.1 Å². The van der Waals surface area contributed by atoms with E-state index in [4.69, 9.17) is 9.26 Å². The Morgan fingerprint density at radius 1 is 1.13 bits per heavy atom. The number of carbonyl (C=O) groups excluding carboxylic acids is 1. The molecule has 0 atom stereocenters. The first-order valence-electron chi connectivity index (χ1n) is 9.92. The molecule has 4 aromatic rings. The molecular weight excluding hydrogens is 394 g/mol. The number of aryl methyl sites for hydroxylation is 2. The fourth-order valence-electron chi connectivity index (χ4n) is 3.08. The van der Waals surface area contributed by atoms with Crippen LogP contribution in [0.25, 0.3) is 5.82 Å². The van der Waals surface area contributed by atoms with Gasteiger partial charge in [-0.05, 0) is 43.2 Å². The first-order chi connectivity index (χ1) is 15.1. The monoisotopic (exact) mass is 417 g/mol. The molecule has 0 aliphatic rings. The predicted molar refractivity (Wildman–Crippen MR) is 114 cm³/mol. The third-order valence-corrected chi connectivity index (χ3v) is 4.92. The number of aromatic nitrogens is 4. The fraction of sp³-hybridized carbons (Fsp3) is 0.217. The Labute approximate surface area is 179 Å². The number of rotatable bonds is 8. The van der Waals surface area contributed by atoms with E-state index in [2.05, 4.69) is 20.4 Å². The first-order valence-corrected chi connectivity index (χ1v) is 9.92. The average molecular weight is 417 g/mol. The third kappa shape index (κ3) is 5.16. The molecule has 0 aliphatic carbocycles. The molecule has 31 heavy (non-hydrogen) atoms. The molecule has 0 radical (unpaired) electrons. The summed E-state index contributed by atoms with van der Waals surface area (Å²) in [4.78, 5) is 20.7. The summed E-state index contributed by atoms with van der Waals surface area (Å²) in [5.41, 5.74) is 3.63. The highest BCUT2D eigenvalue weighted by atomic mass is 16.5. The standard InChI is InChI=1S/C23H23N5O3/c1-16-21(17(2)31-27-16)14-30-20-6-3-18(4-7-20)11-23(29)26-13-19-5-8-22(25-12-19)28-10-9-24-15-28/h3-10,12,15H,11,13-14H2,1-2H3,(H,26,29). The summed E-state index contributed by atoms with van der Waals surface area (Å²) in [5.74, 6) is 2.22. The van der Waals surface area contributed by atoms with Crippen LogP contribution in [-0.2, 0) is 24.4 Å². The van der Waals surface area contributed by atoms with Crippen LogP contribution < -0.4 is 10.1 Å². The molecule has 3 heterocycles. The predicted octanol–water partition coefficient (Wildman–Crippen LogP) is 3.31. The lowest BCUT2D eigenvalue weighted by Crippen LogP contribution is -2.24. The van der Waals surface area contributed by atoms with Crippen molar-refractivity contribution in [3.05, 3.63) is 89.5 Å². The summed E-state index contributed by atoms with van der Waals surface area (Å²) in [6, 6.07) is 11.3. The number of nitrogens with one attached hydrogen (secondary N) is 1. The van der Waals surface area contributed by atoms with Gasteiger partial charge in [-0.1, -0.05) is 23.4 Å². The molecular formula is C23H23N5O3. The van der Waals surface area contributed by atoms with Gasteiger partial charge in [0.1, 0.15) is 30.3 Å². The second-order valence-electron chi connectivity index (χ2n) is 7.18. The van der Waals surface area contributed by atoms with Crippen LogP contribution >= 0.6 is 0 Å². The Bertz CT molecular complexity index is 1110. The molecule has 0 fully saturated rings. The van der Waals surface area contributed by atoms with Gasteiger partial charge in [-0.2, -0.15) is 0 Å². The second kappa shape index (κ2) is 9.25. The lowest BCUT2D eigenvalue weighted by molar-refractivity contribution is -0.120. The van der Waals surface area contributed by atoms with Gasteiger partial charge in [-0.15, -0.1) is 0 Å². The van der Waals surface area contributed by atoms with Gasteiger partial charge in [-0.3, -0.25) is 9.36 Å². The Morgan fingerprint density at radius 3 is 2.58 bits per heavy atom. The summed E-state index contributed by atoms with van der Waals surface area (Å²) >= 11 is 0. The molecule has 158 valence electrons. The molecule has 0 bridgehead atoms. The molecule has 3 aromatic heterocycles. The molecule has 0 saturated carbocycles. The van der Waals surface area contributed by atoms with Gasteiger partial charge in [0.2, 0.25) is 5.91 Å². The quantitative estimate of drug-likeness (QED) is 0.473. The molecule has 0 saturated heterocycles. The average Bonchev–Trinajstić information content (AvgIpc) is 3.43. The van der Waals surface area contributed by atoms with Gasteiger partial charge in [0.15, 0.2) is 0 Å². The lowest BCUT2D eigenvalue weighted by Gasteiger charge is -2.08. The minimum atomic E-state index is -0.0527. The van der Waals surface area contributed by atoms with Crippen molar-refractivity contribution in [3.8, 4) is 11.6 Å². The van der Waals surface area contributed by atoms with Crippen LogP contribution in [0.1, 0.15) is 28.1 Å². The summed E-state index contributed by atoms with van der Waals surface area (Å²) < 4.78 is 12.8. The number of ether oxygens (including phenoxy) is 1. The molecule has 1 N–H and O–H groups in total. The SMILES string of the molecule is Cc1noc(C)c1COc1ccc(CC(=O)NCc2ccc(-n3ccnc3)nc2)cc1. The van der Waals surface area contributed by atoms with Gasteiger partial charge in [0.25, 0.3) is 0 Å². The third-order valence-electron chi connectivity index (χ3n) is 4.92. The van der Waals surface area contributed by atoms with E-state index in [-0.39, 0.29) is 5.91 Å². The van der Waals surface area contributed by atoms with Crippen molar-refractivity contribution in [1.82, 2.24) is 25.0 Å². The van der Waals surface area contributed by atoms with E-state index in [1.807, 2.05) is 61.0 Å². The minimum Gasteiger partial charge on any atom is -0.489 e. The normalized spacial score (nSPS) is 10.8. The maximum absolute atomic E-state index is 12.3. The van der Waals surface area contributed by atoms with Crippen molar-refractivity contribution >= 4 is 5.91 Å². The highest BCUT2D eigenvalue weighted by Crippen LogP contribution is 2.18. The first kappa shape index (κ1) is 20.3. The van der Waals surface area contributed by atoms with Crippen molar-refractivity contribution in [2.24, 2.45) is 0 Å². The fourth-order valence-corrected chi connectivity index (χ4v) is 3.08. The molecule has 8 heteroatoms. The van der Waals surface area contributed by atoms with Gasteiger partial charge in [0.05, 0.1) is 17.7 Å². The van der Waals surface area contributed by atoms with E-state index in [1.54, 1.807) is 18.7 Å². The summed E-state index contributed by atoms with van der Waals surface area (Å²) in [6.07, 6.45) is 7.27. The lowest BCUT2D eigenvalue weighted by atomic mass is 10.1. The number of hydrogen-bond donors (Lipinski definition) is 1. The number of carbonyl (C=O) groups is 1. The summed E-state index contributed by atoms with van der Waals surface area (Å²) in [5, 5.41) is 6.85. The molecule has 0 spiro atoms. The van der Waals surface area contributed by atoms with Gasteiger partial charge < -0.3 is 14.6 Å². The van der Waals surface area contributed by atoms with E-state index in [0.717, 1.165) is 39.7 Å². The number of amides is 1. The maximum Gasteiger partial charge on any atom is 0.224 e. The van der Waals surface area contributed by atoms with Crippen LogP contribution in [0.3, 0.4) is 0 Å². The zero-order valence-electron chi connectivity index (χ0n) is 17.4. The molecule has 0 aliphatic heterocycles. The van der Waals surface area contributed by atoms with Crippen LogP contribution in [0.5, 0.6) is 5.75 Å². The van der Waals surface area contributed by atoms with E-state index in [9.17, 15) is 4.79 Å². The Morgan fingerprint density at radius 2 is 1.94 bits per heavy atom. The number of hydrogen-bond acceptors (Lipinski definition) is 6. The van der Waals surface area contributed by atoms with Gasteiger partial charge >= 0.3 is 0 Å². The van der Waals surface area contributed by atoms with Crippen molar-refractivity contribution in [3.63, 3.8) is 0 Å². The van der Waals surface area contributed by atoms with E-state index in [1.165, 1.54) is 0 Å². The van der Waals surface area contributed by atoms with E-state index >= 15 is 0 Å². The summed E-state index contributed by atoms with van der Waals surface area (Å²) in [7, 11) is 0. The van der Waals surface area contributed by atoms with Crippen LogP contribution in [0, 0.1) is 13.8 Å². The largest absolute Gasteiger partial charge is 0.489 e. The van der Waals surface area contributed by atoms with Crippen LogP contribution in [0.4, 0.5) is 0 Å². The summed E-state index contributed by atoms with van der Waals surface area (Å²) in [6.45, 7) is 4.58. The van der Waals surface area contributed by atoms with E-state index < -0.39 is 0 Å². The van der Waals surface area contributed by atoms with Gasteiger partial charge in [0, 0.05) is 25.1 Å². The molecule has 8 nitrogen and oxygen atoms in total. The number of imidazole rings is 1. The molecule has 1 amide bonds. The Kier molecular flexibility index (Phi) is 6.07. The zero-order valence-corrected chi connectivity index (χ0v) is 17.4. The van der Waals surface area contributed by atoms with Crippen molar-refractivity contribution in [2.75, 3.05) is 0 Å². The van der Waals surface area contributed by atoms with Crippen LogP contribution in [0.2, 0.25) is 0 Å². The second-order valence-corrected chi connectivity index (χ2v) is 7.18. The van der Waals surface area contributed by atoms with Gasteiger partial charge in [-0.25, -0.2) is 9.97 Å². The zero-order chi connectivity index (χ0) is 21.6. The molecule has 4 rings (SSSR count). The number of benzene rings is 1. The highest BCUT2D eigenvalue weighted by Gasteiger charge is 2.10. The minimum absolute atomic E-state index is 0.0527. The number of nitrogens with zero attached hydrogens (tertiary/aromatic N) is 4. The molecule has 0 unspecified atom stereocenters. The van der Waals surface area contributed by atoms with Crippen molar-refractivity contribution in [2.45, 2.75) is 33.4 Å². The van der Waals surface area contributed by atoms with Crippen molar-refractivity contribution < 1.29 is 14.1 Å². The molecule has 1 aromatic carbocycles.